The minimum Gasteiger partial charge on any atom is -0.494 e. The lowest BCUT2D eigenvalue weighted by Gasteiger charge is -2.07. The molecule has 0 saturated carbocycles. The second-order valence-corrected chi connectivity index (χ2v) is 5.29. The third-order valence-corrected chi connectivity index (χ3v) is 3.77. The third kappa shape index (κ3) is 3.05. The molecule has 6 nitrogen and oxygen atoms in total. The molecule has 3 aromatic rings. The second-order valence-electron chi connectivity index (χ2n) is 5.29. The Morgan fingerprint density at radius 3 is 2.92 bits per heavy atom. The molecule has 0 spiro atoms. The number of carbonyl (C=O) groups is 1. The number of halogens is 1. The predicted octanol–water partition coefficient (Wildman–Crippen LogP) is 2.09. The van der Waals surface area contributed by atoms with Crippen molar-refractivity contribution in [2.45, 2.75) is 6.42 Å². The van der Waals surface area contributed by atoms with Crippen LogP contribution in [0, 0.1) is 5.82 Å². The highest BCUT2D eigenvalue weighted by atomic mass is 19.1. The summed E-state index contributed by atoms with van der Waals surface area (Å²) in [5.74, 6) is 0.0312. The van der Waals surface area contributed by atoms with Crippen molar-refractivity contribution in [3.05, 3.63) is 53.7 Å². The fourth-order valence-electron chi connectivity index (χ4n) is 2.49. The number of imidazole rings is 1. The average Bonchev–Trinajstić information content (AvgIpc) is 2.91. The van der Waals surface area contributed by atoms with Gasteiger partial charge in [-0.25, -0.2) is 14.4 Å². The van der Waals surface area contributed by atoms with Gasteiger partial charge in [0, 0.05) is 31.8 Å². The summed E-state index contributed by atoms with van der Waals surface area (Å²) in [5.41, 5.74) is 1.87. The van der Waals surface area contributed by atoms with Crippen LogP contribution in [0.3, 0.4) is 0 Å². The molecule has 7 heteroatoms. The van der Waals surface area contributed by atoms with Crippen molar-refractivity contribution < 1.29 is 13.9 Å². The Balaban J connectivity index is 1.64. The molecule has 0 radical (unpaired) electrons. The van der Waals surface area contributed by atoms with Crippen molar-refractivity contribution in [3.63, 3.8) is 0 Å². The van der Waals surface area contributed by atoms with Gasteiger partial charge in [-0.3, -0.25) is 4.79 Å². The number of ether oxygens (including phenoxy) is 1. The van der Waals surface area contributed by atoms with E-state index in [1.807, 2.05) is 23.7 Å². The van der Waals surface area contributed by atoms with Gasteiger partial charge in [0.05, 0.1) is 7.11 Å². The lowest BCUT2D eigenvalue weighted by Crippen LogP contribution is -2.26. The lowest BCUT2D eigenvalue weighted by molar-refractivity contribution is 0.0953. The first-order valence-corrected chi connectivity index (χ1v) is 7.48. The van der Waals surface area contributed by atoms with Crippen LogP contribution in [-0.4, -0.2) is 34.1 Å². The number of fused-ring (bicyclic) bond motifs is 1. The van der Waals surface area contributed by atoms with E-state index in [-0.39, 0.29) is 17.2 Å². The van der Waals surface area contributed by atoms with Crippen LogP contribution < -0.4 is 10.1 Å². The van der Waals surface area contributed by atoms with Crippen LogP contribution in [0.15, 0.2) is 36.5 Å². The van der Waals surface area contributed by atoms with Gasteiger partial charge in [0.15, 0.2) is 17.2 Å². The number of aromatic nitrogens is 3. The Hall–Kier alpha value is -2.96. The fourth-order valence-corrected chi connectivity index (χ4v) is 2.49. The van der Waals surface area contributed by atoms with Gasteiger partial charge < -0.3 is 14.6 Å². The Labute approximate surface area is 138 Å². The first kappa shape index (κ1) is 15.9. The zero-order chi connectivity index (χ0) is 17.1. The van der Waals surface area contributed by atoms with E-state index in [9.17, 15) is 9.18 Å². The van der Waals surface area contributed by atoms with Crippen LogP contribution in [0.4, 0.5) is 4.39 Å². The van der Waals surface area contributed by atoms with Crippen LogP contribution in [0.25, 0.3) is 11.2 Å². The first-order chi connectivity index (χ1) is 11.6. The molecule has 2 heterocycles. The van der Waals surface area contributed by atoms with Gasteiger partial charge in [-0.15, -0.1) is 0 Å². The molecule has 0 bridgehead atoms. The summed E-state index contributed by atoms with van der Waals surface area (Å²) < 4.78 is 20.4. The quantitative estimate of drug-likeness (QED) is 0.779. The van der Waals surface area contributed by atoms with Gasteiger partial charge in [-0.1, -0.05) is 0 Å². The summed E-state index contributed by atoms with van der Waals surface area (Å²) in [6.07, 6.45) is 2.27. The molecule has 1 aromatic carbocycles. The van der Waals surface area contributed by atoms with Gasteiger partial charge in [-0.05, 0) is 30.3 Å². The standard InChI is InChI=1S/C17H17FN4O2/c1-22-15(21-13-4-3-8-19-16(13)22)7-9-20-17(23)11-5-6-14(24-2)12(18)10-11/h3-6,8,10H,7,9H2,1-2H3,(H,20,23). The maximum atomic E-state index is 13.6. The van der Waals surface area contributed by atoms with E-state index >= 15 is 0 Å². The number of methoxy groups -OCH3 is 1. The summed E-state index contributed by atoms with van der Waals surface area (Å²) in [7, 11) is 3.27. The second kappa shape index (κ2) is 6.66. The van der Waals surface area contributed by atoms with Crippen molar-refractivity contribution in [1.82, 2.24) is 19.9 Å². The van der Waals surface area contributed by atoms with E-state index < -0.39 is 5.82 Å². The third-order valence-electron chi connectivity index (χ3n) is 3.77. The van der Waals surface area contributed by atoms with Gasteiger partial charge in [-0.2, -0.15) is 0 Å². The van der Waals surface area contributed by atoms with E-state index in [4.69, 9.17) is 4.74 Å². The van der Waals surface area contributed by atoms with Crippen molar-refractivity contribution in [2.75, 3.05) is 13.7 Å². The number of benzene rings is 1. The average molecular weight is 328 g/mol. The predicted molar refractivity (Wildman–Crippen MR) is 87.5 cm³/mol. The van der Waals surface area contributed by atoms with E-state index in [1.54, 1.807) is 6.20 Å². The molecule has 1 N–H and O–H groups in total. The number of aryl methyl sites for hydroxylation is 1. The molecule has 0 saturated heterocycles. The number of rotatable bonds is 5. The fraction of sp³-hybridized carbons (Fsp3) is 0.235. The van der Waals surface area contributed by atoms with E-state index in [0.717, 1.165) is 23.1 Å². The summed E-state index contributed by atoms with van der Waals surface area (Å²) in [4.78, 5) is 20.9. The van der Waals surface area contributed by atoms with E-state index in [0.29, 0.717) is 13.0 Å². The van der Waals surface area contributed by atoms with E-state index in [1.165, 1.54) is 19.2 Å². The number of hydrogen-bond acceptors (Lipinski definition) is 4. The van der Waals surface area contributed by atoms with Crippen molar-refractivity contribution in [3.8, 4) is 5.75 Å². The van der Waals surface area contributed by atoms with Crippen LogP contribution >= 0.6 is 0 Å². The molecule has 0 fully saturated rings. The topological polar surface area (TPSA) is 69.0 Å². The lowest BCUT2D eigenvalue weighted by atomic mass is 10.2. The summed E-state index contributed by atoms with van der Waals surface area (Å²) in [6, 6.07) is 7.84. The van der Waals surface area contributed by atoms with Gasteiger partial charge in [0.1, 0.15) is 11.3 Å². The molecule has 0 unspecified atom stereocenters. The molecule has 124 valence electrons. The highest BCUT2D eigenvalue weighted by molar-refractivity contribution is 5.94. The maximum Gasteiger partial charge on any atom is 0.251 e. The van der Waals surface area contributed by atoms with Crippen molar-refractivity contribution in [1.29, 1.82) is 0 Å². The monoisotopic (exact) mass is 328 g/mol. The molecule has 3 rings (SSSR count). The van der Waals surface area contributed by atoms with Crippen molar-refractivity contribution in [2.24, 2.45) is 7.05 Å². The number of amides is 1. The molecule has 0 aliphatic carbocycles. The number of hydrogen-bond donors (Lipinski definition) is 1. The maximum absolute atomic E-state index is 13.6. The number of pyridine rings is 1. The van der Waals surface area contributed by atoms with Crippen LogP contribution in [-0.2, 0) is 13.5 Å². The van der Waals surface area contributed by atoms with Crippen molar-refractivity contribution >= 4 is 17.1 Å². The summed E-state index contributed by atoms with van der Waals surface area (Å²) >= 11 is 0. The Kier molecular flexibility index (Phi) is 4.41. The summed E-state index contributed by atoms with van der Waals surface area (Å²) in [6.45, 7) is 0.393. The molecule has 24 heavy (non-hydrogen) atoms. The SMILES string of the molecule is COc1ccc(C(=O)NCCc2nc3cccnc3n2C)cc1F. The van der Waals surface area contributed by atoms with Crippen LogP contribution in [0.5, 0.6) is 5.75 Å². The zero-order valence-corrected chi connectivity index (χ0v) is 13.4. The van der Waals surface area contributed by atoms with Crippen LogP contribution in [0.2, 0.25) is 0 Å². The number of nitrogens with one attached hydrogen (secondary N) is 1. The highest BCUT2D eigenvalue weighted by Gasteiger charge is 2.11. The van der Waals surface area contributed by atoms with E-state index in [2.05, 4.69) is 15.3 Å². The first-order valence-electron chi connectivity index (χ1n) is 7.48. The number of carbonyl (C=O) groups excluding carboxylic acids is 1. The molecule has 1 amide bonds. The Morgan fingerprint density at radius 2 is 2.21 bits per heavy atom. The van der Waals surface area contributed by atoms with Gasteiger partial charge >= 0.3 is 0 Å². The van der Waals surface area contributed by atoms with Crippen LogP contribution in [0.1, 0.15) is 16.2 Å². The highest BCUT2D eigenvalue weighted by Crippen LogP contribution is 2.17. The molecular weight excluding hydrogens is 311 g/mol. The zero-order valence-electron chi connectivity index (χ0n) is 13.4. The largest absolute Gasteiger partial charge is 0.494 e. The minimum absolute atomic E-state index is 0.110. The van der Waals surface area contributed by atoms with Gasteiger partial charge in [0.2, 0.25) is 0 Å². The number of nitrogens with zero attached hydrogens (tertiary/aromatic N) is 3. The Bertz CT molecular complexity index is 891. The Morgan fingerprint density at radius 1 is 1.38 bits per heavy atom. The molecular formula is C17H17FN4O2. The smallest absolute Gasteiger partial charge is 0.251 e. The molecule has 2 aromatic heterocycles. The minimum atomic E-state index is -0.563. The molecule has 0 atom stereocenters. The molecule has 0 aliphatic heterocycles. The summed E-state index contributed by atoms with van der Waals surface area (Å²) in [5, 5.41) is 2.76. The molecule has 0 aliphatic rings. The normalized spacial score (nSPS) is 10.8. The van der Waals surface area contributed by atoms with Gasteiger partial charge in [0.25, 0.3) is 5.91 Å².